The van der Waals surface area contributed by atoms with Crippen LogP contribution in [0.3, 0.4) is 0 Å². The molecule has 0 saturated heterocycles. The van der Waals surface area contributed by atoms with Crippen LogP contribution in [-0.2, 0) is 10.3 Å². The summed E-state index contributed by atoms with van der Waals surface area (Å²) < 4.78 is 11.3. The number of halogens is 1. The minimum absolute atomic E-state index is 0.0219. The number of Topliss-reactive ketones (excluding diaryl/α,β-unsaturated/α-hetero) is 1. The van der Waals surface area contributed by atoms with E-state index in [2.05, 4.69) is 0 Å². The lowest BCUT2D eigenvalue weighted by Gasteiger charge is -2.44. The lowest BCUT2D eigenvalue weighted by Crippen LogP contribution is -2.54. The van der Waals surface area contributed by atoms with Crippen molar-refractivity contribution in [2.75, 3.05) is 20.3 Å². The van der Waals surface area contributed by atoms with E-state index in [-0.39, 0.29) is 11.7 Å². The first-order valence-corrected chi connectivity index (χ1v) is 10.8. The molecule has 2 aromatic rings. The summed E-state index contributed by atoms with van der Waals surface area (Å²) in [4.78, 5) is 28.4. The third kappa shape index (κ3) is 4.04. The van der Waals surface area contributed by atoms with Gasteiger partial charge in [0.2, 0.25) is 0 Å². The van der Waals surface area contributed by atoms with Crippen molar-refractivity contribution < 1.29 is 19.1 Å². The Morgan fingerprint density at radius 3 is 2.43 bits per heavy atom. The standard InChI is InChI=1S/C24H28ClNO4/c1-4-29-20-14-13-17(16-21(20)30-5-2)23(28)26(3)24(15-9-8-12-22(24)27)18-10-6-7-11-19(18)25/h6-7,10-11,13-14,16H,4-5,8-9,12,15H2,1-3H3. The molecule has 0 spiro atoms. The summed E-state index contributed by atoms with van der Waals surface area (Å²) in [7, 11) is 1.69. The van der Waals surface area contributed by atoms with Crippen LogP contribution in [0.15, 0.2) is 42.5 Å². The molecule has 0 radical (unpaired) electrons. The molecule has 1 amide bonds. The van der Waals surface area contributed by atoms with Crippen molar-refractivity contribution in [1.29, 1.82) is 0 Å². The van der Waals surface area contributed by atoms with E-state index in [1.807, 2.05) is 32.0 Å². The fourth-order valence-corrected chi connectivity index (χ4v) is 4.47. The molecule has 160 valence electrons. The number of benzene rings is 2. The number of ether oxygens (including phenoxy) is 2. The van der Waals surface area contributed by atoms with Gasteiger partial charge >= 0.3 is 0 Å². The monoisotopic (exact) mass is 429 g/mol. The van der Waals surface area contributed by atoms with Crippen LogP contribution in [-0.4, -0.2) is 36.9 Å². The largest absolute Gasteiger partial charge is 0.490 e. The van der Waals surface area contributed by atoms with Gasteiger partial charge in [0.1, 0.15) is 5.54 Å². The van der Waals surface area contributed by atoms with Gasteiger partial charge in [-0.05, 0) is 57.4 Å². The Balaban J connectivity index is 2.04. The molecule has 0 bridgehead atoms. The predicted molar refractivity (Wildman–Crippen MR) is 117 cm³/mol. The molecule has 6 heteroatoms. The van der Waals surface area contributed by atoms with Gasteiger partial charge in [0.15, 0.2) is 17.3 Å². The van der Waals surface area contributed by atoms with Crippen LogP contribution in [0.25, 0.3) is 0 Å². The first kappa shape index (κ1) is 22.2. The minimum Gasteiger partial charge on any atom is -0.490 e. The topological polar surface area (TPSA) is 55.8 Å². The average molecular weight is 430 g/mol. The molecule has 0 aliphatic heterocycles. The molecular formula is C24H28ClNO4. The molecule has 1 saturated carbocycles. The molecule has 0 N–H and O–H groups in total. The van der Waals surface area contributed by atoms with Crippen molar-refractivity contribution in [2.45, 2.75) is 45.1 Å². The molecule has 1 unspecified atom stereocenters. The number of hydrogen-bond acceptors (Lipinski definition) is 4. The molecule has 1 aliphatic carbocycles. The van der Waals surface area contributed by atoms with Gasteiger partial charge in [-0.3, -0.25) is 9.59 Å². The third-order valence-electron chi connectivity index (χ3n) is 5.64. The van der Waals surface area contributed by atoms with Crippen molar-refractivity contribution in [3.8, 4) is 11.5 Å². The molecule has 1 fully saturated rings. The van der Waals surface area contributed by atoms with Crippen LogP contribution < -0.4 is 9.47 Å². The lowest BCUT2D eigenvalue weighted by atomic mass is 9.74. The maximum Gasteiger partial charge on any atom is 0.254 e. The predicted octanol–water partition coefficient (Wildman–Crippen LogP) is 5.25. The SMILES string of the molecule is CCOc1ccc(C(=O)N(C)C2(c3ccccc3Cl)CCCCC2=O)cc1OCC. The number of ketones is 1. The second kappa shape index (κ2) is 9.52. The Bertz CT molecular complexity index is 929. The Kier molecular flexibility index (Phi) is 7.03. The van der Waals surface area contributed by atoms with E-state index in [0.29, 0.717) is 53.7 Å². The Hall–Kier alpha value is -2.53. The summed E-state index contributed by atoms with van der Waals surface area (Å²) in [6, 6.07) is 12.4. The summed E-state index contributed by atoms with van der Waals surface area (Å²) in [5.41, 5.74) is 0.0512. The number of carbonyl (C=O) groups is 2. The van der Waals surface area contributed by atoms with E-state index in [0.717, 1.165) is 12.8 Å². The zero-order valence-corrected chi connectivity index (χ0v) is 18.5. The zero-order valence-electron chi connectivity index (χ0n) is 17.7. The smallest absolute Gasteiger partial charge is 0.254 e. The molecule has 0 heterocycles. The highest BCUT2D eigenvalue weighted by atomic mass is 35.5. The summed E-state index contributed by atoms with van der Waals surface area (Å²) >= 11 is 6.50. The van der Waals surface area contributed by atoms with Crippen molar-refractivity contribution in [3.63, 3.8) is 0 Å². The average Bonchev–Trinajstić information content (AvgIpc) is 2.75. The zero-order chi connectivity index (χ0) is 21.7. The highest BCUT2D eigenvalue weighted by Crippen LogP contribution is 2.43. The fourth-order valence-electron chi connectivity index (χ4n) is 4.18. The maximum atomic E-state index is 13.5. The number of carbonyl (C=O) groups excluding carboxylic acids is 2. The molecule has 1 atom stereocenters. The summed E-state index contributed by atoms with van der Waals surface area (Å²) in [5, 5.41) is 0.495. The number of amides is 1. The van der Waals surface area contributed by atoms with Crippen molar-refractivity contribution in [1.82, 2.24) is 4.90 Å². The summed E-state index contributed by atoms with van der Waals surface area (Å²) in [6.07, 6.45) is 2.65. The number of nitrogens with zero attached hydrogens (tertiary/aromatic N) is 1. The Morgan fingerprint density at radius 1 is 1.07 bits per heavy atom. The molecule has 3 rings (SSSR count). The molecular weight excluding hydrogens is 402 g/mol. The van der Waals surface area contributed by atoms with E-state index < -0.39 is 5.54 Å². The minimum atomic E-state index is -1.07. The fraction of sp³-hybridized carbons (Fsp3) is 0.417. The van der Waals surface area contributed by atoms with Crippen molar-refractivity contribution in [2.24, 2.45) is 0 Å². The lowest BCUT2D eigenvalue weighted by molar-refractivity contribution is -0.132. The molecule has 2 aromatic carbocycles. The van der Waals surface area contributed by atoms with Gasteiger partial charge in [-0.25, -0.2) is 0 Å². The molecule has 1 aliphatic rings. The first-order chi connectivity index (χ1) is 14.5. The first-order valence-electron chi connectivity index (χ1n) is 10.4. The van der Waals surface area contributed by atoms with Crippen LogP contribution in [0, 0.1) is 0 Å². The Morgan fingerprint density at radius 2 is 1.77 bits per heavy atom. The highest BCUT2D eigenvalue weighted by Gasteiger charge is 2.48. The van der Waals surface area contributed by atoms with Gasteiger partial charge in [0.25, 0.3) is 5.91 Å². The van der Waals surface area contributed by atoms with Crippen molar-refractivity contribution >= 4 is 23.3 Å². The van der Waals surface area contributed by atoms with E-state index in [1.54, 1.807) is 36.2 Å². The van der Waals surface area contributed by atoms with Crippen LogP contribution in [0.5, 0.6) is 11.5 Å². The van der Waals surface area contributed by atoms with Gasteiger partial charge in [0.05, 0.1) is 13.2 Å². The van der Waals surface area contributed by atoms with Gasteiger partial charge in [-0.1, -0.05) is 29.8 Å². The van der Waals surface area contributed by atoms with E-state index in [4.69, 9.17) is 21.1 Å². The summed E-state index contributed by atoms with van der Waals surface area (Å²) in [5.74, 6) is 0.872. The van der Waals surface area contributed by atoms with Gasteiger partial charge < -0.3 is 14.4 Å². The van der Waals surface area contributed by atoms with Gasteiger partial charge in [-0.2, -0.15) is 0 Å². The second-order valence-electron chi connectivity index (χ2n) is 7.36. The summed E-state index contributed by atoms with van der Waals surface area (Å²) in [6.45, 7) is 4.72. The highest BCUT2D eigenvalue weighted by molar-refractivity contribution is 6.31. The molecule has 30 heavy (non-hydrogen) atoms. The maximum absolute atomic E-state index is 13.5. The second-order valence-corrected chi connectivity index (χ2v) is 7.77. The van der Waals surface area contributed by atoms with E-state index >= 15 is 0 Å². The van der Waals surface area contributed by atoms with Crippen LogP contribution in [0.1, 0.15) is 55.5 Å². The van der Waals surface area contributed by atoms with Crippen LogP contribution >= 0.6 is 11.6 Å². The normalized spacial score (nSPS) is 18.7. The number of likely N-dealkylation sites (N-methyl/N-ethyl adjacent to an activating group) is 1. The number of hydrogen-bond donors (Lipinski definition) is 0. The quantitative estimate of drug-likeness (QED) is 0.603. The van der Waals surface area contributed by atoms with Gasteiger partial charge in [-0.15, -0.1) is 0 Å². The Labute approximate surface area is 182 Å². The van der Waals surface area contributed by atoms with Crippen LogP contribution in [0.2, 0.25) is 5.02 Å². The van der Waals surface area contributed by atoms with Crippen molar-refractivity contribution in [3.05, 3.63) is 58.6 Å². The van der Waals surface area contributed by atoms with Crippen LogP contribution in [0.4, 0.5) is 0 Å². The third-order valence-corrected chi connectivity index (χ3v) is 5.97. The van der Waals surface area contributed by atoms with E-state index in [1.165, 1.54) is 0 Å². The molecule has 5 nitrogen and oxygen atoms in total. The van der Waals surface area contributed by atoms with E-state index in [9.17, 15) is 9.59 Å². The molecule has 0 aromatic heterocycles. The van der Waals surface area contributed by atoms with Gasteiger partial charge in [0, 0.05) is 29.6 Å². The number of rotatable bonds is 7.